The maximum Gasteiger partial charge on any atom is 0.260 e. The van der Waals surface area contributed by atoms with Crippen LogP contribution in [-0.4, -0.2) is 65.4 Å². The average molecular weight is 498 g/mol. The van der Waals surface area contributed by atoms with E-state index in [0.717, 1.165) is 22.9 Å². The van der Waals surface area contributed by atoms with E-state index in [1.807, 2.05) is 37.3 Å². The molecule has 9 nitrogen and oxygen atoms in total. The van der Waals surface area contributed by atoms with Crippen LogP contribution in [0.15, 0.2) is 41.3 Å². The van der Waals surface area contributed by atoms with E-state index in [1.54, 1.807) is 22.0 Å². The predicted molar refractivity (Wildman–Crippen MR) is 136 cm³/mol. The number of sulfonamides is 1. The molecule has 1 aromatic carbocycles. The Bertz CT molecular complexity index is 1390. The van der Waals surface area contributed by atoms with E-state index in [1.165, 1.54) is 0 Å². The standard InChI is InChI=1S/C25H31N5O4S/c1-3-35(32,33)29-11-8-19(9-12-29)27-25-26-15-18-14-22(21-7-5-4-6-17(21)2)24(31)30(23(18)28-25)20-10-13-34-16-20/h4-7,14-15,19-20H,3,8-13,16H2,1-2H3,(H,26,27,28)/t20-/m0/s1. The summed E-state index contributed by atoms with van der Waals surface area (Å²) in [4.78, 5) is 23.1. The first kappa shape index (κ1) is 23.9. The van der Waals surface area contributed by atoms with E-state index in [9.17, 15) is 13.2 Å². The summed E-state index contributed by atoms with van der Waals surface area (Å²) in [5.41, 5.74) is 3.09. The Morgan fingerprint density at radius 2 is 1.91 bits per heavy atom. The minimum Gasteiger partial charge on any atom is -0.379 e. The third-order valence-electron chi connectivity index (χ3n) is 7.02. The molecule has 0 aliphatic carbocycles. The number of aryl methyl sites for hydroxylation is 1. The molecule has 2 aliphatic heterocycles. The molecule has 1 N–H and O–H groups in total. The quantitative estimate of drug-likeness (QED) is 0.558. The third-order valence-corrected chi connectivity index (χ3v) is 8.91. The lowest BCUT2D eigenvalue weighted by molar-refractivity contribution is 0.186. The predicted octanol–water partition coefficient (Wildman–Crippen LogP) is 2.95. The summed E-state index contributed by atoms with van der Waals surface area (Å²) in [6.45, 7) is 5.72. The van der Waals surface area contributed by atoms with Crippen molar-refractivity contribution in [2.24, 2.45) is 0 Å². The molecule has 0 amide bonds. The van der Waals surface area contributed by atoms with Gasteiger partial charge in [0.25, 0.3) is 5.56 Å². The second kappa shape index (κ2) is 9.67. The summed E-state index contributed by atoms with van der Waals surface area (Å²) in [6, 6.07) is 9.74. The molecular formula is C25H31N5O4S. The fourth-order valence-corrected chi connectivity index (χ4v) is 6.10. The van der Waals surface area contributed by atoms with Gasteiger partial charge in [-0.1, -0.05) is 24.3 Å². The van der Waals surface area contributed by atoms with Crippen molar-refractivity contribution in [3.05, 3.63) is 52.4 Å². The van der Waals surface area contributed by atoms with Crippen LogP contribution in [0.25, 0.3) is 22.2 Å². The van der Waals surface area contributed by atoms with Gasteiger partial charge >= 0.3 is 0 Å². The van der Waals surface area contributed by atoms with Crippen LogP contribution in [0.2, 0.25) is 0 Å². The van der Waals surface area contributed by atoms with Gasteiger partial charge in [-0.15, -0.1) is 0 Å². The van der Waals surface area contributed by atoms with Crippen molar-refractivity contribution in [1.82, 2.24) is 18.8 Å². The second-order valence-electron chi connectivity index (χ2n) is 9.26. The van der Waals surface area contributed by atoms with Crippen molar-refractivity contribution in [1.29, 1.82) is 0 Å². The van der Waals surface area contributed by atoms with Crippen molar-refractivity contribution in [2.45, 2.75) is 45.2 Å². The number of ether oxygens (including phenoxy) is 1. The van der Waals surface area contributed by atoms with Crippen molar-refractivity contribution in [3.8, 4) is 11.1 Å². The van der Waals surface area contributed by atoms with E-state index in [4.69, 9.17) is 9.72 Å². The van der Waals surface area contributed by atoms with Gasteiger partial charge in [-0.2, -0.15) is 4.98 Å². The lowest BCUT2D eigenvalue weighted by Crippen LogP contribution is -2.43. The second-order valence-corrected chi connectivity index (χ2v) is 11.5. The Balaban J connectivity index is 1.49. The molecule has 2 aliphatic rings. The van der Waals surface area contributed by atoms with Gasteiger partial charge in [-0.25, -0.2) is 17.7 Å². The van der Waals surface area contributed by atoms with Crippen molar-refractivity contribution >= 4 is 27.0 Å². The van der Waals surface area contributed by atoms with Crippen LogP contribution in [0.1, 0.15) is 37.8 Å². The van der Waals surface area contributed by atoms with Crippen LogP contribution in [0, 0.1) is 6.92 Å². The zero-order valence-corrected chi connectivity index (χ0v) is 20.9. The summed E-state index contributed by atoms with van der Waals surface area (Å²) < 4.78 is 33.2. The Labute approximate surface area is 205 Å². The van der Waals surface area contributed by atoms with E-state index in [2.05, 4.69) is 10.3 Å². The van der Waals surface area contributed by atoms with Crippen LogP contribution >= 0.6 is 0 Å². The van der Waals surface area contributed by atoms with Crippen molar-refractivity contribution < 1.29 is 13.2 Å². The van der Waals surface area contributed by atoms with Gasteiger partial charge < -0.3 is 10.1 Å². The first-order valence-corrected chi connectivity index (χ1v) is 13.8. The van der Waals surface area contributed by atoms with Crippen LogP contribution in [0.4, 0.5) is 5.95 Å². The fourth-order valence-electron chi connectivity index (χ4n) is 4.97. The number of fused-ring (bicyclic) bond motifs is 1. The summed E-state index contributed by atoms with van der Waals surface area (Å²) in [5.74, 6) is 0.566. The molecule has 186 valence electrons. The molecule has 0 saturated carbocycles. The molecule has 0 spiro atoms. The molecule has 10 heteroatoms. The molecule has 2 aromatic heterocycles. The summed E-state index contributed by atoms with van der Waals surface area (Å²) in [7, 11) is -3.17. The normalized spacial score (nSPS) is 19.9. The lowest BCUT2D eigenvalue weighted by atomic mass is 10.0. The van der Waals surface area contributed by atoms with Gasteiger partial charge in [0.1, 0.15) is 5.65 Å². The molecule has 4 heterocycles. The van der Waals surface area contributed by atoms with Crippen LogP contribution in [0.5, 0.6) is 0 Å². The molecule has 1 atom stereocenters. The maximum absolute atomic E-state index is 13.7. The zero-order valence-electron chi connectivity index (χ0n) is 20.1. The molecule has 2 saturated heterocycles. The summed E-state index contributed by atoms with van der Waals surface area (Å²) in [6.07, 6.45) is 3.87. The zero-order chi connectivity index (χ0) is 24.6. The highest BCUT2D eigenvalue weighted by Crippen LogP contribution is 2.28. The van der Waals surface area contributed by atoms with E-state index in [0.29, 0.717) is 56.3 Å². The smallest absolute Gasteiger partial charge is 0.260 e. The van der Waals surface area contributed by atoms with Gasteiger partial charge in [0.05, 0.1) is 18.4 Å². The Hall–Kier alpha value is -2.82. The topological polar surface area (TPSA) is 106 Å². The number of nitrogens with zero attached hydrogens (tertiary/aromatic N) is 4. The molecule has 2 fully saturated rings. The number of aromatic nitrogens is 3. The van der Waals surface area contributed by atoms with E-state index < -0.39 is 10.0 Å². The number of hydrogen-bond acceptors (Lipinski definition) is 7. The molecule has 0 bridgehead atoms. The summed E-state index contributed by atoms with van der Waals surface area (Å²) in [5, 5.41) is 4.16. The Morgan fingerprint density at radius 1 is 1.14 bits per heavy atom. The van der Waals surface area contributed by atoms with Crippen LogP contribution in [0.3, 0.4) is 0 Å². The Morgan fingerprint density at radius 3 is 2.60 bits per heavy atom. The highest BCUT2D eigenvalue weighted by Gasteiger charge is 2.28. The first-order valence-electron chi connectivity index (χ1n) is 12.2. The number of hydrogen-bond donors (Lipinski definition) is 1. The number of rotatable bonds is 6. The molecule has 5 rings (SSSR count). The fraction of sp³-hybridized carbons (Fsp3) is 0.480. The lowest BCUT2D eigenvalue weighted by Gasteiger charge is -2.31. The average Bonchev–Trinajstić information content (AvgIpc) is 3.39. The van der Waals surface area contributed by atoms with Gasteiger partial charge in [-0.3, -0.25) is 9.36 Å². The highest BCUT2D eigenvalue weighted by molar-refractivity contribution is 7.89. The van der Waals surface area contributed by atoms with Crippen molar-refractivity contribution in [3.63, 3.8) is 0 Å². The van der Waals surface area contributed by atoms with Crippen LogP contribution < -0.4 is 10.9 Å². The molecule has 3 aromatic rings. The summed E-state index contributed by atoms with van der Waals surface area (Å²) >= 11 is 0. The van der Waals surface area contributed by atoms with E-state index >= 15 is 0 Å². The van der Waals surface area contributed by atoms with Crippen molar-refractivity contribution in [2.75, 3.05) is 37.4 Å². The molecule has 35 heavy (non-hydrogen) atoms. The molecule has 0 radical (unpaired) electrons. The highest BCUT2D eigenvalue weighted by atomic mass is 32.2. The minimum atomic E-state index is -3.17. The number of benzene rings is 1. The van der Waals surface area contributed by atoms with E-state index in [-0.39, 0.29) is 23.4 Å². The van der Waals surface area contributed by atoms with Crippen LogP contribution in [-0.2, 0) is 14.8 Å². The van der Waals surface area contributed by atoms with Gasteiger partial charge in [0, 0.05) is 42.9 Å². The number of pyridine rings is 1. The van der Waals surface area contributed by atoms with Gasteiger partial charge in [0.2, 0.25) is 16.0 Å². The maximum atomic E-state index is 13.7. The van der Waals surface area contributed by atoms with Gasteiger partial charge in [-0.05, 0) is 50.3 Å². The minimum absolute atomic E-state index is 0.0667. The first-order chi connectivity index (χ1) is 16.9. The number of nitrogens with one attached hydrogen (secondary N) is 1. The third kappa shape index (κ3) is 4.70. The molecular weight excluding hydrogens is 466 g/mol. The monoisotopic (exact) mass is 497 g/mol. The SMILES string of the molecule is CCS(=O)(=O)N1CCC(Nc2ncc3cc(-c4ccccc4C)c(=O)n([C@H]4CCOC4)c3n2)CC1. The largest absolute Gasteiger partial charge is 0.379 e. The molecule has 0 unspecified atom stereocenters. The number of anilines is 1. The number of piperidine rings is 1. The Kier molecular flexibility index (Phi) is 6.61. The van der Waals surface area contributed by atoms with Gasteiger partial charge in [0.15, 0.2) is 0 Å².